The van der Waals surface area contributed by atoms with E-state index in [1.54, 1.807) is 6.07 Å². The molecule has 0 aliphatic carbocycles. The zero-order chi connectivity index (χ0) is 18.7. The Labute approximate surface area is 154 Å². The van der Waals surface area contributed by atoms with Crippen molar-refractivity contribution in [3.8, 4) is 11.5 Å². The second-order valence-electron chi connectivity index (χ2n) is 6.08. The number of rotatable bonds is 5. The fourth-order valence-corrected chi connectivity index (χ4v) is 4.86. The van der Waals surface area contributed by atoms with Crippen LogP contribution in [0.2, 0.25) is 0 Å². The summed E-state index contributed by atoms with van der Waals surface area (Å²) in [5.41, 5.74) is 0.965. The standard InChI is InChI=1S/C19H23NO5S/c1-14-19(15-7-5-4-6-8-15)25-12-11-20(14)26(21,22)16-9-10-17(23-2)18(13-16)24-3/h4-10,13-14,19H,11-12H2,1-3H3/t14-,19-/m0/s1. The number of benzene rings is 2. The van der Waals surface area contributed by atoms with Gasteiger partial charge in [0.1, 0.15) is 0 Å². The first-order valence-corrected chi connectivity index (χ1v) is 9.83. The number of sulfonamides is 1. The van der Waals surface area contributed by atoms with Gasteiger partial charge in [0.2, 0.25) is 10.0 Å². The van der Waals surface area contributed by atoms with Gasteiger partial charge in [0, 0.05) is 12.6 Å². The van der Waals surface area contributed by atoms with Crippen LogP contribution in [0.1, 0.15) is 18.6 Å². The molecule has 3 rings (SSSR count). The highest BCUT2D eigenvalue weighted by molar-refractivity contribution is 7.89. The summed E-state index contributed by atoms with van der Waals surface area (Å²) in [4.78, 5) is 0.177. The molecule has 0 radical (unpaired) electrons. The van der Waals surface area contributed by atoms with Crippen molar-refractivity contribution < 1.29 is 22.6 Å². The van der Waals surface area contributed by atoms with Crippen molar-refractivity contribution >= 4 is 10.0 Å². The van der Waals surface area contributed by atoms with E-state index in [-0.39, 0.29) is 17.0 Å². The molecule has 0 N–H and O–H groups in total. The minimum atomic E-state index is -3.69. The molecule has 0 saturated carbocycles. The van der Waals surface area contributed by atoms with Crippen molar-refractivity contribution in [1.82, 2.24) is 4.31 Å². The van der Waals surface area contributed by atoms with Crippen LogP contribution in [-0.2, 0) is 14.8 Å². The Hall–Kier alpha value is -2.09. The average Bonchev–Trinajstić information content (AvgIpc) is 2.68. The summed E-state index contributed by atoms with van der Waals surface area (Å²) < 4.78 is 44.2. The molecular weight excluding hydrogens is 354 g/mol. The molecule has 6 nitrogen and oxygen atoms in total. The van der Waals surface area contributed by atoms with Crippen LogP contribution in [0.25, 0.3) is 0 Å². The zero-order valence-electron chi connectivity index (χ0n) is 15.1. The maximum absolute atomic E-state index is 13.2. The quantitative estimate of drug-likeness (QED) is 0.802. The molecule has 1 aliphatic rings. The molecule has 1 heterocycles. The second-order valence-corrected chi connectivity index (χ2v) is 7.97. The van der Waals surface area contributed by atoms with E-state index in [1.165, 1.54) is 30.7 Å². The number of nitrogens with zero attached hydrogens (tertiary/aromatic N) is 1. The summed E-state index contributed by atoms with van der Waals surface area (Å²) in [5.74, 6) is 0.873. The van der Waals surface area contributed by atoms with Gasteiger partial charge in [-0.05, 0) is 24.6 Å². The first kappa shape index (κ1) is 18.7. The fourth-order valence-electron chi connectivity index (χ4n) is 3.23. The topological polar surface area (TPSA) is 65.1 Å². The van der Waals surface area contributed by atoms with Gasteiger partial charge in [0.25, 0.3) is 0 Å². The van der Waals surface area contributed by atoms with Crippen molar-refractivity contribution in [1.29, 1.82) is 0 Å². The smallest absolute Gasteiger partial charge is 0.243 e. The van der Waals surface area contributed by atoms with Crippen molar-refractivity contribution in [2.24, 2.45) is 0 Å². The normalized spacial score (nSPS) is 21.3. The molecule has 0 amide bonds. The minimum Gasteiger partial charge on any atom is -0.493 e. The summed E-state index contributed by atoms with van der Waals surface area (Å²) in [6.45, 7) is 2.52. The van der Waals surface area contributed by atoms with Crippen LogP contribution in [0, 0.1) is 0 Å². The van der Waals surface area contributed by atoms with Crippen LogP contribution < -0.4 is 9.47 Å². The number of ether oxygens (including phenoxy) is 3. The van der Waals surface area contributed by atoms with E-state index in [9.17, 15) is 8.42 Å². The molecule has 1 saturated heterocycles. The second kappa shape index (κ2) is 7.65. The Balaban J connectivity index is 1.94. The molecule has 26 heavy (non-hydrogen) atoms. The van der Waals surface area contributed by atoms with E-state index in [1.807, 2.05) is 37.3 Å². The lowest BCUT2D eigenvalue weighted by Crippen LogP contribution is -2.48. The lowest BCUT2D eigenvalue weighted by molar-refractivity contribution is -0.0361. The molecule has 0 unspecified atom stereocenters. The van der Waals surface area contributed by atoms with Crippen LogP contribution >= 0.6 is 0 Å². The SMILES string of the molecule is COc1ccc(S(=O)(=O)N2CCO[C@H](c3ccccc3)[C@@H]2C)cc1OC. The summed E-state index contributed by atoms with van der Waals surface area (Å²) in [6, 6.07) is 14.0. The van der Waals surface area contributed by atoms with Crippen LogP contribution in [0.5, 0.6) is 11.5 Å². The highest BCUT2D eigenvalue weighted by Crippen LogP contribution is 2.35. The summed E-state index contributed by atoms with van der Waals surface area (Å²) in [6.07, 6.45) is -0.306. The van der Waals surface area contributed by atoms with E-state index in [0.29, 0.717) is 24.7 Å². The molecule has 1 fully saturated rings. The Bertz CT molecular complexity index is 853. The Morgan fingerprint density at radius 1 is 1.04 bits per heavy atom. The van der Waals surface area contributed by atoms with E-state index < -0.39 is 10.0 Å². The van der Waals surface area contributed by atoms with Crippen molar-refractivity contribution in [2.45, 2.75) is 24.0 Å². The highest BCUT2D eigenvalue weighted by atomic mass is 32.2. The number of morpholine rings is 1. The third-order valence-electron chi connectivity index (χ3n) is 4.59. The monoisotopic (exact) mass is 377 g/mol. The third kappa shape index (κ3) is 3.42. The largest absolute Gasteiger partial charge is 0.493 e. The summed E-state index contributed by atoms with van der Waals surface area (Å²) in [7, 11) is -0.694. The van der Waals surface area contributed by atoms with Crippen molar-refractivity contribution in [3.05, 3.63) is 54.1 Å². The minimum absolute atomic E-state index is 0.177. The van der Waals surface area contributed by atoms with Crippen molar-refractivity contribution in [3.63, 3.8) is 0 Å². The molecule has 2 aromatic carbocycles. The van der Waals surface area contributed by atoms with Gasteiger partial charge in [-0.3, -0.25) is 0 Å². The van der Waals surface area contributed by atoms with Gasteiger partial charge < -0.3 is 14.2 Å². The van der Waals surface area contributed by atoms with Crippen molar-refractivity contribution in [2.75, 3.05) is 27.4 Å². The first-order chi connectivity index (χ1) is 12.5. The summed E-state index contributed by atoms with van der Waals surface area (Å²) >= 11 is 0. The number of hydrogen-bond donors (Lipinski definition) is 0. The predicted molar refractivity (Wildman–Crippen MR) is 98.0 cm³/mol. The average molecular weight is 377 g/mol. The maximum Gasteiger partial charge on any atom is 0.243 e. The molecule has 140 valence electrons. The van der Waals surface area contributed by atoms with Gasteiger partial charge in [-0.25, -0.2) is 8.42 Å². The van der Waals surface area contributed by atoms with E-state index in [2.05, 4.69) is 0 Å². The van der Waals surface area contributed by atoms with Gasteiger partial charge in [-0.2, -0.15) is 4.31 Å². The predicted octanol–water partition coefficient (Wildman–Crippen LogP) is 2.85. The van der Waals surface area contributed by atoms with Gasteiger partial charge in [-0.1, -0.05) is 30.3 Å². The lowest BCUT2D eigenvalue weighted by Gasteiger charge is -2.38. The molecule has 0 aromatic heterocycles. The third-order valence-corrected chi connectivity index (χ3v) is 6.57. The molecule has 2 atom stereocenters. The van der Waals surface area contributed by atoms with E-state index >= 15 is 0 Å². The van der Waals surface area contributed by atoms with E-state index in [0.717, 1.165) is 5.56 Å². The van der Waals surface area contributed by atoms with E-state index in [4.69, 9.17) is 14.2 Å². The molecule has 2 aromatic rings. The molecule has 7 heteroatoms. The van der Waals surface area contributed by atoms with Gasteiger partial charge in [0.05, 0.1) is 37.9 Å². The Kier molecular flexibility index (Phi) is 5.50. The summed E-state index contributed by atoms with van der Waals surface area (Å²) in [5, 5.41) is 0. The first-order valence-electron chi connectivity index (χ1n) is 8.39. The molecular formula is C19H23NO5S. The number of hydrogen-bond acceptors (Lipinski definition) is 5. The van der Waals surface area contributed by atoms with Gasteiger partial charge in [-0.15, -0.1) is 0 Å². The number of methoxy groups -OCH3 is 2. The van der Waals surface area contributed by atoms with Gasteiger partial charge >= 0.3 is 0 Å². The fraction of sp³-hybridized carbons (Fsp3) is 0.368. The van der Waals surface area contributed by atoms with Gasteiger partial charge in [0.15, 0.2) is 11.5 Å². The van der Waals surface area contributed by atoms with Crippen LogP contribution in [0.4, 0.5) is 0 Å². The zero-order valence-corrected chi connectivity index (χ0v) is 15.9. The highest BCUT2D eigenvalue weighted by Gasteiger charge is 2.38. The van der Waals surface area contributed by atoms with Crippen LogP contribution in [0.15, 0.2) is 53.4 Å². The maximum atomic E-state index is 13.2. The van der Waals surface area contributed by atoms with Crippen LogP contribution in [-0.4, -0.2) is 46.1 Å². The Morgan fingerprint density at radius 3 is 2.38 bits per heavy atom. The lowest BCUT2D eigenvalue weighted by atomic mass is 10.0. The molecule has 1 aliphatic heterocycles. The molecule has 0 bridgehead atoms. The van der Waals surface area contributed by atoms with Crippen LogP contribution in [0.3, 0.4) is 0 Å². The Morgan fingerprint density at radius 2 is 1.73 bits per heavy atom. The molecule has 0 spiro atoms.